The summed E-state index contributed by atoms with van der Waals surface area (Å²) in [6, 6.07) is 3.26. The van der Waals surface area contributed by atoms with Crippen molar-refractivity contribution in [1.29, 1.82) is 0 Å². The summed E-state index contributed by atoms with van der Waals surface area (Å²) in [7, 11) is 1.10. The van der Waals surface area contributed by atoms with Crippen molar-refractivity contribution in [3.05, 3.63) is 29.3 Å². The van der Waals surface area contributed by atoms with Crippen molar-refractivity contribution in [1.82, 2.24) is 0 Å². The topological polar surface area (TPSA) is 35.5 Å². The Labute approximate surface area is 103 Å². The molecule has 0 bridgehead atoms. The lowest BCUT2D eigenvalue weighted by Crippen LogP contribution is -2.13. The van der Waals surface area contributed by atoms with Gasteiger partial charge in [-0.05, 0) is 18.6 Å². The number of benzene rings is 1. The molecule has 1 rings (SSSR count). The fourth-order valence-corrected chi connectivity index (χ4v) is 1.39. The molecule has 0 N–H and O–H groups in total. The number of halogens is 3. The molecule has 18 heavy (non-hydrogen) atoms. The van der Waals surface area contributed by atoms with Crippen LogP contribution in [0.5, 0.6) is 5.75 Å². The highest BCUT2D eigenvalue weighted by atomic mass is 19.4. The van der Waals surface area contributed by atoms with E-state index in [1.54, 1.807) is 6.92 Å². The second kappa shape index (κ2) is 5.75. The summed E-state index contributed by atoms with van der Waals surface area (Å²) >= 11 is 0. The third-order valence-electron chi connectivity index (χ3n) is 2.18. The van der Waals surface area contributed by atoms with E-state index in [-0.39, 0.29) is 12.2 Å². The molecule has 0 aliphatic carbocycles. The second-order valence-electron chi connectivity index (χ2n) is 3.52. The molecule has 0 fully saturated rings. The van der Waals surface area contributed by atoms with Crippen LogP contribution >= 0.6 is 0 Å². The van der Waals surface area contributed by atoms with Gasteiger partial charge in [0.05, 0.1) is 19.3 Å². The molecular formula is C12H13F3O3. The largest absolute Gasteiger partial charge is 0.492 e. The monoisotopic (exact) mass is 262 g/mol. The normalized spacial score (nSPS) is 11.2. The molecule has 0 aliphatic heterocycles. The van der Waals surface area contributed by atoms with Crippen molar-refractivity contribution in [3.63, 3.8) is 0 Å². The van der Waals surface area contributed by atoms with Crippen LogP contribution in [0.3, 0.4) is 0 Å². The molecule has 0 radical (unpaired) electrons. The van der Waals surface area contributed by atoms with Crippen LogP contribution in [0.1, 0.15) is 29.3 Å². The Hall–Kier alpha value is -1.72. The van der Waals surface area contributed by atoms with Crippen molar-refractivity contribution in [2.75, 3.05) is 13.7 Å². The van der Waals surface area contributed by atoms with Gasteiger partial charge in [-0.3, -0.25) is 0 Å². The van der Waals surface area contributed by atoms with Crippen molar-refractivity contribution in [3.8, 4) is 5.75 Å². The van der Waals surface area contributed by atoms with E-state index in [0.29, 0.717) is 6.42 Å². The highest BCUT2D eigenvalue weighted by Gasteiger charge is 2.36. The van der Waals surface area contributed by atoms with Gasteiger partial charge in [0.2, 0.25) is 0 Å². The fraction of sp³-hybridized carbons (Fsp3) is 0.417. The maximum absolute atomic E-state index is 12.8. The Kier molecular flexibility index (Phi) is 4.58. The smallest absolute Gasteiger partial charge is 0.419 e. The van der Waals surface area contributed by atoms with Crippen molar-refractivity contribution >= 4 is 5.97 Å². The summed E-state index contributed by atoms with van der Waals surface area (Å²) in [5.74, 6) is -1.33. The predicted molar refractivity (Wildman–Crippen MR) is 58.6 cm³/mol. The minimum Gasteiger partial charge on any atom is -0.492 e. The highest BCUT2D eigenvalue weighted by Crippen LogP contribution is 2.38. The molecule has 1 aromatic carbocycles. The number of rotatable bonds is 4. The summed E-state index contributed by atoms with van der Waals surface area (Å²) in [6.07, 6.45) is -4.04. The minimum absolute atomic E-state index is 0.0943. The van der Waals surface area contributed by atoms with Gasteiger partial charge in [-0.15, -0.1) is 0 Å². The lowest BCUT2D eigenvalue weighted by molar-refractivity contribution is -0.139. The fourth-order valence-electron chi connectivity index (χ4n) is 1.39. The minimum atomic E-state index is -4.58. The Balaban J connectivity index is 3.30. The van der Waals surface area contributed by atoms with Crippen molar-refractivity contribution in [2.24, 2.45) is 0 Å². The zero-order chi connectivity index (χ0) is 13.8. The van der Waals surface area contributed by atoms with Crippen LogP contribution < -0.4 is 4.74 Å². The van der Waals surface area contributed by atoms with Crippen LogP contribution in [0.2, 0.25) is 0 Å². The van der Waals surface area contributed by atoms with E-state index in [4.69, 9.17) is 4.74 Å². The molecule has 0 saturated heterocycles. The molecule has 1 aromatic rings. The third kappa shape index (κ3) is 3.15. The average Bonchev–Trinajstić information content (AvgIpc) is 2.33. The van der Waals surface area contributed by atoms with Crippen LogP contribution in [0.4, 0.5) is 13.2 Å². The number of ether oxygens (including phenoxy) is 2. The van der Waals surface area contributed by atoms with Crippen LogP contribution in [0.15, 0.2) is 18.2 Å². The van der Waals surface area contributed by atoms with Crippen molar-refractivity contribution in [2.45, 2.75) is 19.5 Å². The number of carbonyl (C=O) groups is 1. The van der Waals surface area contributed by atoms with Crippen LogP contribution in [0.25, 0.3) is 0 Å². The highest BCUT2D eigenvalue weighted by molar-refractivity contribution is 5.93. The molecule has 3 nitrogen and oxygen atoms in total. The molecule has 0 amide bonds. The standard InChI is InChI=1S/C12H13F3O3/c1-3-7-18-10-8(11(16)17-2)5-4-6-9(10)12(13,14)15/h4-6H,3,7H2,1-2H3. The van der Waals surface area contributed by atoms with E-state index in [1.165, 1.54) is 6.07 Å². The maximum Gasteiger partial charge on any atom is 0.419 e. The number of alkyl halides is 3. The van der Waals surface area contributed by atoms with Gasteiger partial charge in [0, 0.05) is 0 Å². The first-order chi connectivity index (χ1) is 8.41. The van der Waals surface area contributed by atoms with Gasteiger partial charge < -0.3 is 9.47 Å². The van der Waals surface area contributed by atoms with Gasteiger partial charge in [-0.25, -0.2) is 4.79 Å². The number of methoxy groups -OCH3 is 1. The van der Waals surface area contributed by atoms with Crippen LogP contribution in [-0.2, 0) is 10.9 Å². The summed E-state index contributed by atoms with van der Waals surface area (Å²) in [4.78, 5) is 11.4. The second-order valence-corrected chi connectivity index (χ2v) is 3.52. The summed E-state index contributed by atoms with van der Waals surface area (Å²) in [5.41, 5.74) is -1.19. The number of hydrogen-bond acceptors (Lipinski definition) is 3. The third-order valence-corrected chi connectivity index (χ3v) is 2.18. The average molecular weight is 262 g/mol. The first-order valence-corrected chi connectivity index (χ1v) is 5.33. The summed E-state index contributed by atoms with van der Waals surface area (Å²) < 4.78 is 47.9. The first kappa shape index (κ1) is 14.3. The van der Waals surface area contributed by atoms with E-state index >= 15 is 0 Å². The molecule has 0 aromatic heterocycles. The number of hydrogen-bond donors (Lipinski definition) is 0. The molecule has 0 saturated carbocycles. The lowest BCUT2D eigenvalue weighted by Gasteiger charge is -2.16. The maximum atomic E-state index is 12.8. The first-order valence-electron chi connectivity index (χ1n) is 5.33. The molecule has 100 valence electrons. The molecule has 6 heteroatoms. The van der Waals surface area contributed by atoms with Gasteiger partial charge in [0.25, 0.3) is 0 Å². The SMILES string of the molecule is CCCOc1c(C(=O)OC)cccc1C(F)(F)F. The number of esters is 1. The zero-order valence-corrected chi connectivity index (χ0v) is 10.0. The van der Waals surface area contributed by atoms with E-state index in [1.807, 2.05) is 0 Å². The molecule has 0 heterocycles. The Morgan fingerprint density at radius 1 is 1.33 bits per heavy atom. The van der Waals surface area contributed by atoms with Gasteiger partial charge in [0.1, 0.15) is 11.3 Å². The molecule has 0 aliphatic rings. The van der Waals surface area contributed by atoms with Crippen LogP contribution in [0, 0.1) is 0 Å². The summed E-state index contributed by atoms with van der Waals surface area (Å²) in [6.45, 7) is 1.85. The summed E-state index contributed by atoms with van der Waals surface area (Å²) in [5, 5.41) is 0. The van der Waals surface area contributed by atoms with Gasteiger partial charge in [-0.1, -0.05) is 13.0 Å². The van der Waals surface area contributed by atoms with Crippen LogP contribution in [-0.4, -0.2) is 19.7 Å². The van der Waals surface area contributed by atoms with Gasteiger partial charge >= 0.3 is 12.1 Å². The number of para-hydroxylation sites is 1. The molecular weight excluding hydrogens is 249 g/mol. The quantitative estimate of drug-likeness (QED) is 0.781. The Morgan fingerprint density at radius 3 is 2.50 bits per heavy atom. The molecule has 0 atom stereocenters. The number of carbonyl (C=O) groups excluding carboxylic acids is 1. The van der Waals surface area contributed by atoms with E-state index in [2.05, 4.69) is 4.74 Å². The molecule has 0 unspecified atom stereocenters. The van der Waals surface area contributed by atoms with E-state index < -0.39 is 23.5 Å². The van der Waals surface area contributed by atoms with E-state index in [0.717, 1.165) is 19.2 Å². The zero-order valence-electron chi connectivity index (χ0n) is 10.0. The van der Waals surface area contributed by atoms with Crippen molar-refractivity contribution < 1.29 is 27.4 Å². The molecule has 0 spiro atoms. The Bertz CT molecular complexity index is 427. The van der Waals surface area contributed by atoms with E-state index in [9.17, 15) is 18.0 Å². The predicted octanol–water partition coefficient (Wildman–Crippen LogP) is 3.28. The lowest BCUT2D eigenvalue weighted by atomic mass is 10.1. The Morgan fingerprint density at radius 2 is 2.00 bits per heavy atom. The van der Waals surface area contributed by atoms with Gasteiger partial charge in [0.15, 0.2) is 0 Å². The van der Waals surface area contributed by atoms with Gasteiger partial charge in [-0.2, -0.15) is 13.2 Å².